The Labute approximate surface area is 123 Å². The minimum atomic E-state index is 0.184. The maximum atomic E-state index is 9.71. The van der Waals surface area contributed by atoms with Crippen molar-refractivity contribution >= 4 is 22.4 Å². The highest BCUT2D eigenvalue weighted by atomic mass is 16.4. The van der Waals surface area contributed by atoms with Crippen LogP contribution >= 0.6 is 0 Å². The van der Waals surface area contributed by atoms with Crippen LogP contribution < -0.4 is 10.6 Å². The van der Waals surface area contributed by atoms with Gasteiger partial charge in [0.25, 0.3) is 0 Å². The van der Waals surface area contributed by atoms with Gasteiger partial charge in [0.1, 0.15) is 17.4 Å². The summed E-state index contributed by atoms with van der Waals surface area (Å²) in [5.74, 6) is 1.17. The molecule has 2 aromatic rings. The number of benzene rings is 1. The molecule has 0 fully saturated rings. The molecule has 0 aliphatic carbocycles. The molecule has 0 spiro atoms. The standard InChI is InChI=1S/C15H20N4O2/c1-10(2)19(8-6-14(16)18-21)15-13-9-12(20)4-3-11(13)5-7-17-15/h3-5,7,9-10,20-21H,6,8H2,1-2H3,(H2,16,18). The van der Waals surface area contributed by atoms with E-state index in [1.54, 1.807) is 18.3 Å². The van der Waals surface area contributed by atoms with E-state index in [9.17, 15) is 5.11 Å². The summed E-state index contributed by atoms with van der Waals surface area (Å²) in [5, 5.41) is 23.3. The van der Waals surface area contributed by atoms with E-state index in [1.165, 1.54) is 0 Å². The number of hydrogen-bond donors (Lipinski definition) is 3. The van der Waals surface area contributed by atoms with Gasteiger partial charge in [0.15, 0.2) is 0 Å². The summed E-state index contributed by atoms with van der Waals surface area (Å²) < 4.78 is 0. The lowest BCUT2D eigenvalue weighted by Gasteiger charge is -2.28. The number of phenolic OH excluding ortho intramolecular Hbond substituents is 1. The first-order chi connectivity index (χ1) is 10.0. The number of amidine groups is 1. The molecule has 6 nitrogen and oxygen atoms in total. The number of nitrogens with zero attached hydrogens (tertiary/aromatic N) is 3. The van der Waals surface area contributed by atoms with Gasteiger partial charge in [-0.25, -0.2) is 4.98 Å². The Kier molecular flexibility index (Phi) is 4.47. The Morgan fingerprint density at radius 1 is 1.38 bits per heavy atom. The van der Waals surface area contributed by atoms with Crippen LogP contribution in [0.15, 0.2) is 35.6 Å². The molecule has 0 amide bonds. The van der Waals surface area contributed by atoms with Crippen LogP contribution in [0.1, 0.15) is 20.3 Å². The van der Waals surface area contributed by atoms with Gasteiger partial charge in [-0.3, -0.25) is 0 Å². The molecule has 0 unspecified atom stereocenters. The maximum Gasteiger partial charge on any atom is 0.140 e. The van der Waals surface area contributed by atoms with Gasteiger partial charge in [0, 0.05) is 30.6 Å². The van der Waals surface area contributed by atoms with Crippen LogP contribution in [0.3, 0.4) is 0 Å². The van der Waals surface area contributed by atoms with Crippen molar-refractivity contribution in [3.63, 3.8) is 0 Å². The first kappa shape index (κ1) is 14.9. The number of nitrogens with two attached hydrogens (primary N) is 1. The van der Waals surface area contributed by atoms with Crippen molar-refractivity contribution in [2.45, 2.75) is 26.3 Å². The van der Waals surface area contributed by atoms with E-state index in [-0.39, 0.29) is 17.6 Å². The summed E-state index contributed by atoms with van der Waals surface area (Å²) in [4.78, 5) is 6.51. The zero-order chi connectivity index (χ0) is 15.4. The molecule has 112 valence electrons. The van der Waals surface area contributed by atoms with Gasteiger partial charge in [-0.05, 0) is 37.4 Å². The lowest BCUT2D eigenvalue weighted by atomic mass is 10.1. The molecule has 1 heterocycles. The number of pyridine rings is 1. The number of rotatable bonds is 5. The van der Waals surface area contributed by atoms with Crippen LogP contribution in [0.5, 0.6) is 5.75 Å². The van der Waals surface area contributed by atoms with E-state index in [2.05, 4.69) is 28.9 Å². The molecule has 2 rings (SSSR count). The summed E-state index contributed by atoms with van der Waals surface area (Å²) in [6.45, 7) is 4.68. The average molecular weight is 288 g/mol. The molecule has 0 radical (unpaired) electrons. The number of phenols is 1. The number of oxime groups is 1. The van der Waals surface area contributed by atoms with Crippen molar-refractivity contribution in [1.29, 1.82) is 0 Å². The zero-order valence-corrected chi connectivity index (χ0v) is 12.2. The van der Waals surface area contributed by atoms with Gasteiger partial charge in [0.05, 0.1) is 0 Å². The minimum absolute atomic E-state index is 0.184. The summed E-state index contributed by atoms with van der Waals surface area (Å²) in [6.07, 6.45) is 2.18. The zero-order valence-electron chi connectivity index (χ0n) is 12.2. The van der Waals surface area contributed by atoms with Crippen molar-refractivity contribution in [2.24, 2.45) is 10.9 Å². The third-order valence-corrected chi connectivity index (χ3v) is 3.36. The summed E-state index contributed by atoms with van der Waals surface area (Å²) in [7, 11) is 0. The summed E-state index contributed by atoms with van der Waals surface area (Å²) in [5.41, 5.74) is 5.55. The van der Waals surface area contributed by atoms with E-state index >= 15 is 0 Å². The van der Waals surface area contributed by atoms with Crippen molar-refractivity contribution < 1.29 is 10.3 Å². The largest absolute Gasteiger partial charge is 0.508 e. The van der Waals surface area contributed by atoms with Crippen molar-refractivity contribution in [2.75, 3.05) is 11.4 Å². The lowest BCUT2D eigenvalue weighted by molar-refractivity contribution is 0.317. The van der Waals surface area contributed by atoms with E-state index in [0.29, 0.717) is 13.0 Å². The third-order valence-electron chi connectivity index (χ3n) is 3.36. The van der Waals surface area contributed by atoms with Crippen LogP contribution in [-0.4, -0.2) is 33.7 Å². The molecule has 1 aromatic carbocycles. The molecule has 21 heavy (non-hydrogen) atoms. The first-order valence-corrected chi connectivity index (χ1v) is 6.83. The minimum Gasteiger partial charge on any atom is -0.508 e. The van der Waals surface area contributed by atoms with Crippen molar-refractivity contribution in [3.05, 3.63) is 30.5 Å². The molecule has 0 saturated heterocycles. The smallest absolute Gasteiger partial charge is 0.140 e. The number of aromatic hydroxyl groups is 1. The first-order valence-electron chi connectivity index (χ1n) is 6.83. The van der Waals surface area contributed by atoms with Crippen molar-refractivity contribution in [1.82, 2.24) is 4.98 Å². The second-order valence-electron chi connectivity index (χ2n) is 5.17. The van der Waals surface area contributed by atoms with Crippen LogP contribution in [0, 0.1) is 0 Å². The topological polar surface area (TPSA) is 95.0 Å². The second kappa shape index (κ2) is 6.30. The van der Waals surface area contributed by atoms with E-state index < -0.39 is 0 Å². The van der Waals surface area contributed by atoms with E-state index in [0.717, 1.165) is 16.6 Å². The number of aromatic nitrogens is 1. The van der Waals surface area contributed by atoms with Crippen LogP contribution in [0.25, 0.3) is 10.8 Å². The molecule has 4 N–H and O–H groups in total. The predicted molar refractivity (Wildman–Crippen MR) is 83.9 cm³/mol. The number of fused-ring (bicyclic) bond motifs is 1. The maximum absolute atomic E-state index is 9.71. The normalized spacial score (nSPS) is 12.0. The molecule has 6 heteroatoms. The van der Waals surface area contributed by atoms with Gasteiger partial charge in [-0.15, -0.1) is 0 Å². The fourth-order valence-electron chi connectivity index (χ4n) is 2.26. The van der Waals surface area contributed by atoms with Crippen LogP contribution in [0.2, 0.25) is 0 Å². The molecule has 0 bridgehead atoms. The Hall–Kier alpha value is -2.50. The fraction of sp³-hybridized carbons (Fsp3) is 0.333. The quantitative estimate of drug-likeness (QED) is 0.339. The molecule has 0 atom stereocenters. The Morgan fingerprint density at radius 2 is 2.14 bits per heavy atom. The number of hydrogen-bond acceptors (Lipinski definition) is 5. The Bertz CT molecular complexity index is 655. The average Bonchev–Trinajstić information content (AvgIpc) is 2.47. The van der Waals surface area contributed by atoms with Gasteiger partial charge in [-0.1, -0.05) is 11.2 Å². The highest BCUT2D eigenvalue weighted by Gasteiger charge is 2.15. The molecule has 1 aromatic heterocycles. The second-order valence-corrected chi connectivity index (χ2v) is 5.17. The lowest BCUT2D eigenvalue weighted by Crippen LogP contribution is -2.34. The van der Waals surface area contributed by atoms with Crippen LogP contribution in [-0.2, 0) is 0 Å². The van der Waals surface area contributed by atoms with Crippen molar-refractivity contribution in [3.8, 4) is 5.75 Å². The van der Waals surface area contributed by atoms with Crippen LogP contribution in [0.4, 0.5) is 5.82 Å². The Morgan fingerprint density at radius 3 is 2.81 bits per heavy atom. The van der Waals surface area contributed by atoms with Gasteiger partial charge in [-0.2, -0.15) is 0 Å². The monoisotopic (exact) mass is 288 g/mol. The molecular weight excluding hydrogens is 268 g/mol. The SMILES string of the molecule is CC(C)N(CC/C(N)=N/O)c1nccc2ccc(O)cc12. The molecular formula is C15H20N4O2. The molecule has 0 aliphatic heterocycles. The number of anilines is 1. The van der Waals surface area contributed by atoms with Gasteiger partial charge in [0.2, 0.25) is 0 Å². The predicted octanol–water partition coefficient (Wildman–Crippen LogP) is 2.29. The van der Waals surface area contributed by atoms with Gasteiger partial charge < -0.3 is 20.9 Å². The third kappa shape index (κ3) is 3.34. The summed E-state index contributed by atoms with van der Waals surface area (Å²) in [6, 6.07) is 7.31. The summed E-state index contributed by atoms with van der Waals surface area (Å²) >= 11 is 0. The Balaban J connectivity index is 2.42. The van der Waals surface area contributed by atoms with E-state index in [4.69, 9.17) is 10.9 Å². The van der Waals surface area contributed by atoms with Gasteiger partial charge >= 0.3 is 0 Å². The fourth-order valence-corrected chi connectivity index (χ4v) is 2.26. The molecule has 0 aliphatic rings. The molecule has 0 saturated carbocycles. The van der Waals surface area contributed by atoms with E-state index in [1.807, 2.05) is 12.1 Å². The highest BCUT2D eigenvalue weighted by molar-refractivity contribution is 5.93. The highest BCUT2D eigenvalue weighted by Crippen LogP contribution is 2.28.